The average Bonchev–Trinajstić information content (AvgIpc) is 1.68. The summed E-state index contributed by atoms with van der Waals surface area (Å²) in [7, 11) is 1.19. The number of nitrogens with zero attached hydrogens (tertiary/aromatic N) is 2. The molecule has 3 N–H and O–H groups in total. The highest BCUT2D eigenvalue weighted by atomic mass is 16.9. The second-order valence-electron chi connectivity index (χ2n) is 0.686. The normalized spacial score (nSPS) is 15.1. The molecule has 0 aromatic rings. The predicted molar refractivity (Wildman–Crippen MR) is 20.4 cm³/mol. The van der Waals surface area contributed by atoms with Gasteiger partial charge in [0.2, 0.25) is 0 Å². The summed E-state index contributed by atoms with van der Waals surface area (Å²) in [5, 5.41) is 14.5. The maximum absolute atomic E-state index is 9.85. The summed E-state index contributed by atoms with van der Waals surface area (Å²) < 4.78 is 0. The fourth-order valence-corrected chi connectivity index (χ4v) is 0.0880. The highest BCUT2D eigenvalue weighted by molar-refractivity contribution is 3.86. The number of hydrogen-bond donors (Lipinski definition) is 2. The van der Waals surface area contributed by atoms with Gasteiger partial charge in [0.15, 0.2) is 0 Å². The van der Waals surface area contributed by atoms with Crippen LogP contribution < -0.4 is 11.2 Å². The van der Waals surface area contributed by atoms with E-state index in [0.29, 0.717) is 0 Å². The van der Waals surface area contributed by atoms with Crippen molar-refractivity contribution in [1.29, 1.82) is 0 Å². The quantitative estimate of drug-likeness (QED) is 0.246. The molecule has 0 saturated carbocycles. The summed E-state index contributed by atoms with van der Waals surface area (Å²) in [4.78, 5) is 4.01. The number of quaternary nitrogens is 1. The van der Waals surface area contributed by atoms with Gasteiger partial charge in [0, 0.05) is 0 Å². The lowest BCUT2D eigenvalue weighted by atomic mass is 11.7. The molecule has 7 heavy (non-hydrogen) atoms. The maximum atomic E-state index is 9.85. The Labute approximate surface area is 40.0 Å². The zero-order valence-electron chi connectivity index (χ0n) is 3.79. The molecule has 0 aromatic carbocycles. The molecule has 6 heteroatoms. The van der Waals surface area contributed by atoms with Crippen LogP contribution in [0.15, 0.2) is 10.4 Å². The summed E-state index contributed by atoms with van der Waals surface area (Å²) in [6.45, 7) is 0. The Kier molecular flexibility index (Phi) is 3.11. The van der Waals surface area contributed by atoms with Crippen LogP contribution in [-0.4, -0.2) is 7.11 Å². The Morgan fingerprint density at radius 2 is 2.43 bits per heavy atom. The van der Waals surface area contributed by atoms with Crippen molar-refractivity contribution in [1.82, 2.24) is 0 Å². The molecule has 1 atom stereocenters. The zero-order chi connectivity index (χ0) is 5.70. The molecule has 0 aliphatic rings. The van der Waals surface area contributed by atoms with Crippen LogP contribution in [0.3, 0.4) is 0 Å². The third kappa shape index (κ3) is 3.10. The van der Waals surface area contributed by atoms with Gasteiger partial charge in [-0.2, -0.15) is 4.84 Å². The molecule has 0 bridgehead atoms. The van der Waals surface area contributed by atoms with E-state index in [1.165, 1.54) is 7.11 Å². The zero-order valence-corrected chi connectivity index (χ0v) is 3.79. The second-order valence-corrected chi connectivity index (χ2v) is 0.686. The molecule has 0 rings (SSSR count). The first-order chi connectivity index (χ1) is 3.31. The lowest BCUT2D eigenvalue weighted by Gasteiger charge is -2.04. The van der Waals surface area contributed by atoms with Gasteiger partial charge in [-0.05, 0) is 5.22 Å². The van der Waals surface area contributed by atoms with Gasteiger partial charge >= 0.3 is 0 Å². The van der Waals surface area contributed by atoms with E-state index in [0.717, 1.165) is 0 Å². The van der Waals surface area contributed by atoms with E-state index in [4.69, 9.17) is 0 Å². The summed E-state index contributed by atoms with van der Waals surface area (Å²) in [5.41, 5.74) is 0. The van der Waals surface area contributed by atoms with E-state index >= 15 is 0 Å². The van der Waals surface area contributed by atoms with Crippen LogP contribution in [0.5, 0.6) is 0 Å². The van der Waals surface area contributed by atoms with Gasteiger partial charge in [0.1, 0.15) is 0 Å². The third-order valence-corrected chi connectivity index (χ3v) is 0.314. The van der Waals surface area contributed by atoms with Crippen molar-refractivity contribution in [2.45, 2.75) is 0 Å². The van der Waals surface area contributed by atoms with Crippen molar-refractivity contribution in [3.05, 3.63) is 5.21 Å². The minimum Gasteiger partial charge on any atom is -0.571 e. The largest absolute Gasteiger partial charge is 0.571 e. The van der Waals surface area contributed by atoms with Crippen molar-refractivity contribution in [2.75, 3.05) is 7.11 Å². The molecule has 0 amide bonds. The molecular formula is CH6N4O2. The maximum Gasteiger partial charge on any atom is 0.0991 e. The molecular weight excluding hydrogens is 100 g/mol. The molecule has 0 aliphatic carbocycles. The monoisotopic (exact) mass is 106 g/mol. The molecule has 0 aromatic heterocycles. The number of nitrogens with one attached hydrogen (secondary N) is 1. The highest BCUT2D eigenvalue weighted by Gasteiger charge is 1.81. The molecule has 0 saturated heterocycles. The SMILES string of the molecule is CO[NH+]([O-])/N=N/N. The number of hydrogen-bond acceptors (Lipinski definition) is 4. The summed E-state index contributed by atoms with van der Waals surface area (Å²) in [6, 6.07) is 0. The van der Waals surface area contributed by atoms with E-state index < -0.39 is 5.34 Å². The van der Waals surface area contributed by atoms with Crippen molar-refractivity contribution in [3.63, 3.8) is 0 Å². The minimum atomic E-state index is -0.789. The summed E-state index contributed by atoms with van der Waals surface area (Å²) >= 11 is 0. The van der Waals surface area contributed by atoms with Gasteiger partial charge in [-0.25, -0.2) is 0 Å². The van der Waals surface area contributed by atoms with Gasteiger partial charge in [0.05, 0.1) is 12.3 Å². The van der Waals surface area contributed by atoms with Crippen LogP contribution in [0, 0.1) is 5.21 Å². The van der Waals surface area contributed by atoms with Crippen LogP contribution in [-0.2, 0) is 4.84 Å². The third-order valence-electron chi connectivity index (χ3n) is 0.314. The second kappa shape index (κ2) is 3.47. The molecule has 1 unspecified atom stereocenters. The van der Waals surface area contributed by atoms with E-state index in [9.17, 15) is 5.21 Å². The average molecular weight is 106 g/mol. The van der Waals surface area contributed by atoms with Crippen molar-refractivity contribution < 1.29 is 10.2 Å². The van der Waals surface area contributed by atoms with Crippen molar-refractivity contribution >= 4 is 0 Å². The topological polar surface area (TPSA) is 87.5 Å². The van der Waals surface area contributed by atoms with Gasteiger partial charge in [-0.15, -0.1) is 0 Å². The van der Waals surface area contributed by atoms with Gasteiger partial charge in [-0.3, -0.25) is 0 Å². The molecule has 0 aliphatic heterocycles. The Morgan fingerprint density at radius 1 is 1.86 bits per heavy atom. The summed E-state index contributed by atoms with van der Waals surface area (Å²) in [6.07, 6.45) is 0. The predicted octanol–water partition coefficient (Wildman–Crippen LogP) is -1.83. The molecule has 0 radical (unpaired) electrons. The first kappa shape index (κ1) is 6.28. The Balaban J connectivity index is 3.16. The van der Waals surface area contributed by atoms with Crippen LogP contribution in [0.25, 0.3) is 0 Å². The van der Waals surface area contributed by atoms with E-state index in [-0.39, 0.29) is 0 Å². The van der Waals surface area contributed by atoms with E-state index in [1.807, 2.05) is 0 Å². The number of nitrogens with two attached hydrogens (primary N) is 1. The highest BCUT2D eigenvalue weighted by Crippen LogP contribution is 1.43. The van der Waals surface area contributed by atoms with Gasteiger partial charge in [0.25, 0.3) is 0 Å². The minimum absolute atomic E-state index is 0.789. The van der Waals surface area contributed by atoms with Gasteiger partial charge < -0.3 is 11.0 Å². The Bertz CT molecular complexity index is 62.7. The standard InChI is InChI=1S/CH6N4O2/c1-7-5(6)4-3-2/h5H,1H3,(H2,2,4). The van der Waals surface area contributed by atoms with Gasteiger partial charge in [-0.1, -0.05) is 5.34 Å². The first-order valence-corrected chi connectivity index (χ1v) is 1.50. The molecule has 0 spiro atoms. The van der Waals surface area contributed by atoms with Crippen molar-refractivity contribution in [3.8, 4) is 0 Å². The van der Waals surface area contributed by atoms with Crippen LogP contribution in [0.1, 0.15) is 0 Å². The Morgan fingerprint density at radius 3 is 2.57 bits per heavy atom. The first-order valence-electron chi connectivity index (χ1n) is 1.50. The molecule has 0 heterocycles. The fraction of sp³-hybridized carbons (Fsp3) is 1.00. The smallest absolute Gasteiger partial charge is 0.0991 e. The van der Waals surface area contributed by atoms with Crippen LogP contribution in [0.2, 0.25) is 0 Å². The molecule has 42 valence electrons. The lowest BCUT2D eigenvalue weighted by Crippen LogP contribution is -3.00. The molecule has 6 nitrogen and oxygen atoms in total. The fourth-order valence-electron chi connectivity index (χ4n) is 0.0880. The summed E-state index contributed by atoms with van der Waals surface area (Å²) in [5.74, 6) is 4.46. The van der Waals surface area contributed by atoms with E-state index in [1.54, 1.807) is 0 Å². The number of rotatable bonds is 2. The Hall–Kier alpha value is -0.720. The molecule has 0 fully saturated rings. The van der Waals surface area contributed by atoms with Crippen LogP contribution in [0.4, 0.5) is 0 Å². The van der Waals surface area contributed by atoms with Crippen molar-refractivity contribution in [2.24, 2.45) is 16.3 Å². The van der Waals surface area contributed by atoms with E-state index in [2.05, 4.69) is 21.1 Å². The lowest BCUT2D eigenvalue weighted by molar-refractivity contribution is -1.06. The van der Waals surface area contributed by atoms with Crippen LogP contribution >= 0.6 is 0 Å².